The molecule has 0 unspecified atom stereocenters. The van der Waals surface area contributed by atoms with E-state index >= 15 is 0 Å². The van der Waals surface area contributed by atoms with Crippen molar-refractivity contribution >= 4 is 46.6 Å². The van der Waals surface area contributed by atoms with Gasteiger partial charge in [0.15, 0.2) is 0 Å². The second-order valence-electron chi connectivity index (χ2n) is 6.88. The number of anilines is 3. The molecule has 5 N–H and O–H groups in total. The van der Waals surface area contributed by atoms with E-state index in [0.717, 1.165) is 0 Å². The molecule has 0 fully saturated rings. The Morgan fingerprint density at radius 3 is 2.50 bits per heavy atom. The molecular formula is C22H18Cl2N6O4. The molecule has 174 valence electrons. The van der Waals surface area contributed by atoms with Crippen molar-refractivity contribution in [3.05, 3.63) is 81.2 Å². The standard InChI is InChI=1S/C22H18Cl2N6O4/c1-33-13-4-2-12(3-5-13)30-18(11-19(31)29-30)28-22(32)27-15-6-7-16(21(24)20(15)23)34-14-8-9-26-17(25)10-14/h2-11H,1H3,(H2,25,26)(H,29,31)(H2,27,28,32). The van der Waals surface area contributed by atoms with Crippen molar-refractivity contribution in [1.82, 2.24) is 14.8 Å². The summed E-state index contributed by atoms with van der Waals surface area (Å²) >= 11 is 12.7. The zero-order valence-corrected chi connectivity index (χ0v) is 19.1. The van der Waals surface area contributed by atoms with Crippen molar-refractivity contribution < 1.29 is 14.3 Å². The third kappa shape index (κ3) is 5.08. The molecule has 10 nitrogen and oxygen atoms in total. The number of halogens is 2. The number of hydrogen-bond acceptors (Lipinski definition) is 6. The molecule has 0 radical (unpaired) electrons. The second-order valence-corrected chi connectivity index (χ2v) is 7.63. The number of nitrogens with zero attached hydrogens (tertiary/aromatic N) is 2. The van der Waals surface area contributed by atoms with Crippen molar-refractivity contribution in [3.63, 3.8) is 0 Å². The van der Waals surface area contributed by atoms with Gasteiger partial charge in [0.05, 0.1) is 23.5 Å². The van der Waals surface area contributed by atoms with E-state index in [1.54, 1.807) is 43.5 Å². The van der Waals surface area contributed by atoms with Gasteiger partial charge in [-0.05, 0) is 42.5 Å². The number of hydrogen-bond donors (Lipinski definition) is 4. The van der Waals surface area contributed by atoms with E-state index in [2.05, 4.69) is 20.7 Å². The smallest absolute Gasteiger partial charge is 0.324 e. The Balaban J connectivity index is 1.50. The molecule has 0 bridgehead atoms. The van der Waals surface area contributed by atoms with Gasteiger partial charge in [-0.1, -0.05) is 23.2 Å². The van der Waals surface area contributed by atoms with Gasteiger partial charge >= 0.3 is 6.03 Å². The van der Waals surface area contributed by atoms with Crippen molar-refractivity contribution in [3.8, 4) is 22.9 Å². The van der Waals surface area contributed by atoms with Crippen LogP contribution in [0, 0.1) is 0 Å². The van der Waals surface area contributed by atoms with Gasteiger partial charge in [-0.2, -0.15) is 0 Å². The molecule has 12 heteroatoms. The molecule has 2 heterocycles. The van der Waals surface area contributed by atoms with Gasteiger partial charge in [0.1, 0.15) is 33.9 Å². The average molecular weight is 501 g/mol. The molecule has 0 aliphatic rings. The number of amides is 2. The molecule has 34 heavy (non-hydrogen) atoms. The summed E-state index contributed by atoms with van der Waals surface area (Å²) < 4.78 is 12.3. The van der Waals surface area contributed by atoms with E-state index < -0.39 is 11.6 Å². The summed E-state index contributed by atoms with van der Waals surface area (Å²) in [6, 6.07) is 13.7. The average Bonchev–Trinajstić information content (AvgIpc) is 3.18. The van der Waals surface area contributed by atoms with Gasteiger partial charge in [0.2, 0.25) is 0 Å². The number of carbonyl (C=O) groups is 1. The lowest BCUT2D eigenvalue weighted by molar-refractivity contribution is 0.262. The monoisotopic (exact) mass is 500 g/mol. The van der Waals surface area contributed by atoms with E-state index in [1.165, 1.54) is 29.1 Å². The zero-order chi connectivity index (χ0) is 24.2. The van der Waals surface area contributed by atoms with Gasteiger partial charge in [0.25, 0.3) is 5.56 Å². The highest BCUT2D eigenvalue weighted by molar-refractivity contribution is 6.45. The lowest BCUT2D eigenvalue weighted by atomic mass is 10.3. The highest BCUT2D eigenvalue weighted by Gasteiger charge is 2.16. The molecule has 2 aromatic carbocycles. The van der Waals surface area contributed by atoms with E-state index in [9.17, 15) is 9.59 Å². The fraction of sp³-hybridized carbons (Fsp3) is 0.0455. The quantitative estimate of drug-likeness (QED) is 0.297. The van der Waals surface area contributed by atoms with E-state index in [4.69, 9.17) is 38.4 Å². The Kier molecular flexibility index (Phi) is 6.62. The molecule has 2 aromatic heterocycles. The number of H-pyrrole nitrogens is 1. The van der Waals surface area contributed by atoms with E-state index in [0.29, 0.717) is 17.2 Å². The lowest BCUT2D eigenvalue weighted by Crippen LogP contribution is -2.21. The van der Waals surface area contributed by atoms with E-state index in [-0.39, 0.29) is 33.1 Å². The highest BCUT2D eigenvalue weighted by Crippen LogP contribution is 2.39. The minimum atomic E-state index is -0.644. The van der Waals surface area contributed by atoms with Crippen LogP contribution in [-0.2, 0) is 0 Å². The summed E-state index contributed by atoms with van der Waals surface area (Å²) in [6.07, 6.45) is 1.49. The van der Waals surface area contributed by atoms with Crippen molar-refractivity contribution in [1.29, 1.82) is 0 Å². The number of nitrogens with one attached hydrogen (secondary N) is 3. The number of pyridine rings is 1. The number of nitrogens with two attached hydrogens (primary N) is 1. The summed E-state index contributed by atoms with van der Waals surface area (Å²) in [5.74, 6) is 1.84. The van der Waals surface area contributed by atoms with Crippen LogP contribution in [0.25, 0.3) is 5.69 Å². The zero-order valence-electron chi connectivity index (χ0n) is 17.6. The van der Waals surface area contributed by atoms with Crippen LogP contribution in [0.3, 0.4) is 0 Å². The Bertz CT molecular complexity index is 1400. The Morgan fingerprint density at radius 1 is 1.03 bits per heavy atom. The van der Waals surface area contributed by atoms with Crippen LogP contribution in [0.5, 0.6) is 17.2 Å². The van der Waals surface area contributed by atoms with Crippen molar-refractivity contribution in [2.75, 3.05) is 23.5 Å². The Morgan fingerprint density at radius 2 is 1.79 bits per heavy atom. The first kappa shape index (κ1) is 23.0. The molecule has 2 amide bonds. The third-order valence-electron chi connectivity index (χ3n) is 4.58. The molecule has 0 aliphatic heterocycles. The minimum Gasteiger partial charge on any atom is -0.497 e. The number of aromatic nitrogens is 3. The van der Waals surface area contributed by atoms with Crippen LogP contribution in [0.4, 0.5) is 22.1 Å². The largest absolute Gasteiger partial charge is 0.497 e. The van der Waals surface area contributed by atoms with Crippen LogP contribution in [-0.4, -0.2) is 27.9 Å². The normalized spacial score (nSPS) is 10.6. The number of aromatic amines is 1. The van der Waals surface area contributed by atoms with Crippen molar-refractivity contribution in [2.45, 2.75) is 0 Å². The van der Waals surface area contributed by atoms with Crippen LogP contribution >= 0.6 is 23.2 Å². The maximum atomic E-state index is 12.6. The predicted molar refractivity (Wildman–Crippen MR) is 131 cm³/mol. The molecule has 0 atom stereocenters. The van der Waals surface area contributed by atoms with Crippen LogP contribution in [0.1, 0.15) is 0 Å². The summed E-state index contributed by atoms with van der Waals surface area (Å²) in [5, 5.41) is 8.00. The Hall–Kier alpha value is -4.15. The molecular weight excluding hydrogens is 483 g/mol. The van der Waals surface area contributed by atoms with Gasteiger partial charge < -0.3 is 20.5 Å². The SMILES string of the molecule is COc1ccc(-n2[nH]c(=O)cc2NC(=O)Nc2ccc(Oc3ccnc(N)c3)c(Cl)c2Cl)cc1. The highest BCUT2D eigenvalue weighted by atomic mass is 35.5. The molecule has 0 aliphatic carbocycles. The molecule has 0 saturated heterocycles. The summed E-state index contributed by atoms with van der Waals surface area (Å²) in [7, 11) is 1.55. The number of nitrogen functional groups attached to an aromatic ring is 1. The first-order valence-corrected chi connectivity index (χ1v) is 10.5. The van der Waals surface area contributed by atoms with Gasteiger partial charge in [-0.15, -0.1) is 0 Å². The van der Waals surface area contributed by atoms with Gasteiger partial charge in [-0.3, -0.25) is 15.2 Å². The fourth-order valence-corrected chi connectivity index (χ4v) is 3.42. The number of benzene rings is 2. The maximum Gasteiger partial charge on any atom is 0.324 e. The first-order valence-electron chi connectivity index (χ1n) is 9.76. The lowest BCUT2D eigenvalue weighted by Gasteiger charge is -2.14. The first-order chi connectivity index (χ1) is 16.3. The third-order valence-corrected chi connectivity index (χ3v) is 5.44. The second kappa shape index (κ2) is 9.77. The van der Waals surface area contributed by atoms with Crippen LogP contribution < -0.4 is 31.4 Å². The number of carbonyl (C=O) groups excluding carboxylic acids is 1. The van der Waals surface area contributed by atoms with Crippen molar-refractivity contribution in [2.24, 2.45) is 0 Å². The Labute approximate surface area is 203 Å². The number of methoxy groups -OCH3 is 1. The maximum absolute atomic E-state index is 12.6. The molecule has 4 rings (SSSR count). The topological polar surface area (TPSA) is 136 Å². The summed E-state index contributed by atoms with van der Waals surface area (Å²) in [4.78, 5) is 28.4. The van der Waals surface area contributed by atoms with E-state index in [1.807, 2.05) is 0 Å². The van der Waals surface area contributed by atoms with Crippen LogP contribution in [0.15, 0.2) is 65.6 Å². The van der Waals surface area contributed by atoms with Crippen LogP contribution in [0.2, 0.25) is 10.0 Å². The number of ether oxygens (including phenoxy) is 2. The summed E-state index contributed by atoms with van der Waals surface area (Å²) in [6.45, 7) is 0. The van der Waals surface area contributed by atoms with Gasteiger partial charge in [-0.25, -0.2) is 14.5 Å². The molecule has 4 aromatic rings. The van der Waals surface area contributed by atoms with Gasteiger partial charge in [0, 0.05) is 18.3 Å². The predicted octanol–water partition coefficient (Wildman–Crippen LogP) is 4.89. The summed E-state index contributed by atoms with van der Waals surface area (Å²) in [5.41, 5.74) is 6.10. The minimum absolute atomic E-state index is 0.0676. The number of urea groups is 1. The fourth-order valence-electron chi connectivity index (χ4n) is 3.01. The molecule has 0 saturated carbocycles. The number of rotatable bonds is 6. The molecule has 0 spiro atoms.